The molecule has 0 aromatic carbocycles. The van der Waals surface area contributed by atoms with E-state index >= 15 is 0 Å². The van der Waals surface area contributed by atoms with Gasteiger partial charge >= 0.3 is 0 Å². The van der Waals surface area contributed by atoms with Gasteiger partial charge in [0.25, 0.3) is 0 Å². The number of rotatable bonds is 1. The van der Waals surface area contributed by atoms with Crippen LogP contribution in [0.15, 0.2) is 18.3 Å². The van der Waals surface area contributed by atoms with E-state index in [0.717, 1.165) is 5.69 Å². The first-order chi connectivity index (χ1) is 4.52. The van der Waals surface area contributed by atoms with Crippen molar-refractivity contribution in [3.8, 4) is 0 Å². The first-order valence-electron chi connectivity index (χ1n) is 3.42. The van der Waals surface area contributed by atoms with Gasteiger partial charge in [-0.15, -0.1) is 0 Å². The van der Waals surface area contributed by atoms with Crippen molar-refractivity contribution < 1.29 is 0 Å². The molecule has 2 heteroatoms. The highest BCUT2D eigenvalue weighted by Crippen LogP contribution is 2.15. The van der Waals surface area contributed by atoms with Crippen molar-refractivity contribution >= 4 is 0 Å². The summed E-state index contributed by atoms with van der Waals surface area (Å²) in [5.74, 6) is 0. The minimum Gasteiger partial charge on any atom is -0.353 e. The highest BCUT2D eigenvalue weighted by Gasteiger charge is 2.15. The third kappa shape index (κ3) is 1.21. The lowest BCUT2D eigenvalue weighted by Gasteiger charge is -2.19. The van der Waals surface area contributed by atoms with Gasteiger partial charge in [0.1, 0.15) is 0 Å². The molecule has 1 rings (SSSR count). The molecule has 0 amide bonds. The van der Waals surface area contributed by atoms with Gasteiger partial charge in [0.2, 0.25) is 0 Å². The van der Waals surface area contributed by atoms with E-state index in [-0.39, 0.29) is 5.54 Å². The number of aromatic nitrogens is 1. The molecule has 0 aliphatic carbocycles. The molecular formula is C8H14N2. The Morgan fingerprint density at radius 1 is 1.50 bits per heavy atom. The standard InChI is InChI=1S/C8H14N2/c1-8(2,9)7-5-4-6-10(7)3/h4-6H,9H2,1-3H3. The Balaban J connectivity index is 3.05. The van der Waals surface area contributed by atoms with E-state index in [1.54, 1.807) is 0 Å². The van der Waals surface area contributed by atoms with E-state index in [1.165, 1.54) is 0 Å². The Kier molecular flexibility index (Phi) is 1.57. The lowest BCUT2D eigenvalue weighted by atomic mass is 10.0. The van der Waals surface area contributed by atoms with Gasteiger partial charge in [0, 0.05) is 18.9 Å². The largest absolute Gasteiger partial charge is 0.353 e. The van der Waals surface area contributed by atoms with Crippen LogP contribution in [0, 0.1) is 0 Å². The summed E-state index contributed by atoms with van der Waals surface area (Å²) >= 11 is 0. The molecule has 0 radical (unpaired) electrons. The third-order valence-electron chi connectivity index (χ3n) is 1.60. The minimum absolute atomic E-state index is 0.224. The number of nitrogens with two attached hydrogens (primary N) is 1. The molecule has 1 aromatic heterocycles. The molecule has 0 atom stereocenters. The van der Waals surface area contributed by atoms with Crippen molar-refractivity contribution in [2.45, 2.75) is 19.4 Å². The predicted molar refractivity (Wildman–Crippen MR) is 42.6 cm³/mol. The fourth-order valence-corrected chi connectivity index (χ4v) is 1.13. The van der Waals surface area contributed by atoms with Crippen LogP contribution in [0.4, 0.5) is 0 Å². The summed E-state index contributed by atoms with van der Waals surface area (Å²) in [7, 11) is 2.00. The van der Waals surface area contributed by atoms with Crippen LogP contribution in [0.2, 0.25) is 0 Å². The van der Waals surface area contributed by atoms with Gasteiger partial charge in [0.05, 0.1) is 5.54 Å². The second kappa shape index (κ2) is 2.13. The van der Waals surface area contributed by atoms with Crippen molar-refractivity contribution in [1.29, 1.82) is 0 Å². The summed E-state index contributed by atoms with van der Waals surface area (Å²) in [4.78, 5) is 0. The van der Waals surface area contributed by atoms with Crippen molar-refractivity contribution in [2.75, 3.05) is 0 Å². The van der Waals surface area contributed by atoms with Crippen molar-refractivity contribution in [1.82, 2.24) is 4.57 Å². The number of hydrogen-bond acceptors (Lipinski definition) is 1. The highest BCUT2D eigenvalue weighted by atomic mass is 15.0. The topological polar surface area (TPSA) is 30.9 Å². The Morgan fingerprint density at radius 2 is 2.10 bits per heavy atom. The maximum absolute atomic E-state index is 5.88. The lowest BCUT2D eigenvalue weighted by molar-refractivity contribution is 0.513. The second-order valence-corrected chi connectivity index (χ2v) is 3.23. The van der Waals surface area contributed by atoms with Crippen LogP contribution in [0.3, 0.4) is 0 Å². The summed E-state index contributed by atoms with van der Waals surface area (Å²) in [6.07, 6.45) is 2.00. The Bertz CT molecular complexity index is 217. The zero-order valence-corrected chi connectivity index (χ0v) is 6.76. The third-order valence-corrected chi connectivity index (χ3v) is 1.60. The Labute approximate surface area is 61.7 Å². The molecule has 0 aliphatic rings. The molecule has 0 fully saturated rings. The molecule has 0 unspecified atom stereocenters. The van der Waals surface area contributed by atoms with E-state index < -0.39 is 0 Å². The van der Waals surface area contributed by atoms with Crippen molar-refractivity contribution in [3.05, 3.63) is 24.0 Å². The number of hydrogen-bond donors (Lipinski definition) is 1. The number of nitrogens with zero attached hydrogens (tertiary/aromatic N) is 1. The van der Waals surface area contributed by atoms with E-state index in [2.05, 4.69) is 0 Å². The number of aryl methyl sites for hydroxylation is 1. The maximum Gasteiger partial charge on any atom is 0.0506 e. The van der Waals surface area contributed by atoms with Crippen LogP contribution in [0.25, 0.3) is 0 Å². The second-order valence-electron chi connectivity index (χ2n) is 3.23. The molecule has 0 spiro atoms. The molecule has 56 valence electrons. The van der Waals surface area contributed by atoms with Crippen LogP contribution in [-0.2, 0) is 12.6 Å². The maximum atomic E-state index is 5.88. The zero-order chi connectivity index (χ0) is 7.78. The predicted octanol–water partition coefficient (Wildman–Crippen LogP) is 1.22. The average Bonchev–Trinajstić information content (AvgIpc) is 2.11. The van der Waals surface area contributed by atoms with E-state index in [9.17, 15) is 0 Å². The fourth-order valence-electron chi connectivity index (χ4n) is 1.13. The summed E-state index contributed by atoms with van der Waals surface area (Å²) in [5, 5.41) is 0. The molecule has 0 saturated heterocycles. The van der Waals surface area contributed by atoms with Gasteiger partial charge in [0.15, 0.2) is 0 Å². The molecule has 2 nitrogen and oxygen atoms in total. The van der Waals surface area contributed by atoms with Crippen LogP contribution in [0.5, 0.6) is 0 Å². The molecular weight excluding hydrogens is 124 g/mol. The summed E-state index contributed by atoms with van der Waals surface area (Å²) in [5.41, 5.74) is 6.82. The SMILES string of the molecule is Cn1cccc1C(C)(C)N. The zero-order valence-electron chi connectivity index (χ0n) is 6.76. The Morgan fingerprint density at radius 3 is 2.30 bits per heavy atom. The van der Waals surface area contributed by atoms with Gasteiger partial charge in [-0.3, -0.25) is 0 Å². The van der Waals surface area contributed by atoms with Crippen LogP contribution in [-0.4, -0.2) is 4.57 Å². The first kappa shape index (κ1) is 7.35. The van der Waals surface area contributed by atoms with E-state index in [1.807, 2.05) is 43.8 Å². The van der Waals surface area contributed by atoms with Gasteiger partial charge in [-0.1, -0.05) is 0 Å². The first-order valence-corrected chi connectivity index (χ1v) is 3.42. The molecule has 2 N–H and O–H groups in total. The Hall–Kier alpha value is -0.760. The monoisotopic (exact) mass is 138 g/mol. The summed E-state index contributed by atoms with van der Waals surface area (Å²) in [6.45, 7) is 4.00. The van der Waals surface area contributed by atoms with Gasteiger partial charge < -0.3 is 10.3 Å². The van der Waals surface area contributed by atoms with E-state index in [4.69, 9.17) is 5.73 Å². The van der Waals surface area contributed by atoms with Crippen LogP contribution in [0.1, 0.15) is 19.5 Å². The van der Waals surface area contributed by atoms with Crippen molar-refractivity contribution in [3.63, 3.8) is 0 Å². The van der Waals surface area contributed by atoms with Gasteiger partial charge in [-0.25, -0.2) is 0 Å². The molecule has 1 aromatic rings. The fraction of sp³-hybridized carbons (Fsp3) is 0.500. The highest BCUT2D eigenvalue weighted by molar-refractivity contribution is 5.14. The molecule has 10 heavy (non-hydrogen) atoms. The van der Waals surface area contributed by atoms with Gasteiger partial charge in [-0.05, 0) is 26.0 Å². The average molecular weight is 138 g/mol. The minimum atomic E-state index is -0.224. The summed E-state index contributed by atoms with van der Waals surface area (Å²) < 4.78 is 2.04. The molecule has 0 saturated carbocycles. The lowest BCUT2D eigenvalue weighted by Crippen LogP contribution is -2.30. The molecule has 0 aliphatic heterocycles. The molecule has 0 bridgehead atoms. The summed E-state index contributed by atoms with van der Waals surface area (Å²) in [6, 6.07) is 4.05. The van der Waals surface area contributed by atoms with Gasteiger partial charge in [-0.2, -0.15) is 0 Å². The van der Waals surface area contributed by atoms with Crippen LogP contribution >= 0.6 is 0 Å². The van der Waals surface area contributed by atoms with Crippen molar-refractivity contribution in [2.24, 2.45) is 12.8 Å². The van der Waals surface area contributed by atoms with Crippen LogP contribution < -0.4 is 5.73 Å². The van der Waals surface area contributed by atoms with E-state index in [0.29, 0.717) is 0 Å². The normalized spacial score (nSPS) is 12.0. The quantitative estimate of drug-likeness (QED) is 0.621. The molecule has 1 heterocycles. The smallest absolute Gasteiger partial charge is 0.0506 e.